The number of carbonyl (C=O) groups excluding carboxylic acids is 2. The molecule has 0 aliphatic carbocycles. The fourth-order valence-electron chi connectivity index (χ4n) is 4.40. The van der Waals surface area contributed by atoms with Crippen LogP contribution in [-0.2, 0) is 33.3 Å². The van der Waals surface area contributed by atoms with Crippen molar-refractivity contribution in [3.05, 3.63) is 83.9 Å². The number of hydrogen-bond donors (Lipinski definition) is 5. The molecule has 0 aromatic heterocycles. The molecule has 4 rings (SSSR count). The molecule has 2 aliphatic rings. The third kappa shape index (κ3) is 8.09. The summed E-state index contributed by atoms with van der Waals surface area (Å²) in [5.74, 6) is -1.69. The minimum absolute atomic E-state index is 0.502. The molecule has 0 unspecified atom stereocenters. The first kappa shape index (κ1) is 31.5. The lowest BCUT2D eigenvalue weighted by atomic mass is 9.98. The van der Waals surface area contributed by atoms with Gasteiger partial charge in [0.15, 0.2) is 12.4 Å². The summed E-state index contributed by atoms with van der Waals surface area (Å²) in [6.45, 7) is 0.982. The number of rotatable bonds is 9. The Bertz CT molecular complexity index is 1220. The van der Waals surface area contributed by atoms with Crippen LogP contribution < -0.4 is 0 Å². The van der Waals surface area contributed by atoms with Crippen molar-refractivity contribution >= 4 is 24.1 Å². The average Bonchev–Trinajstić information content (AvgIpc) is 3.00. The zero-order chi connectivity index (χ0) is 30.2. The molecule has 0 spiro atoms. The maximum Gasteiger partial charge on any atom is 0.333 e. The quantitative estimate of drug-likeness (QED) is 0.199. The molecule has 0 amide bonds. The first-order chi connectivity index (χ1) is 20.1. The van der Waals surface area contributed by atoms with E-state index in [1.54, 1.807) is 48.5 Å². The van der Waals surface area contributed by atoms with E-state index in [9.17, 15) is 35.1 Å². The third-order valence-electron chi connectivity index (χ3n) is 6.78. The lowest BCUT2D eigenvalue weighted by Gasteiger charge is -2.42. The summed E-state index contributed by atoms with van der Waals surface area (Å²) in [6.07, 6.45) is -9.68. The van der Waals surface area contributed by atoms with Gasteiger partial charge in [0.1, 0.15) is 36.6 Å². The number of aliphatic hydroxyl groups is 5. The molecule has 226 valence electrons. The van der Waals surface area contributed by atoms with Gasteiger partial charge in [-0.2, -0.15) is 0 Å². The maximum atomic E-state index is 12.4. The number of esters is 2. The highest BCUT2D eigenvalue weighted by atomic mass is 16.7. The fourth-order valence-corrected chi connectivity index (χ4v) is 4.40. The molecule has 12 heteroatoms. The van der Waals surface area contributed by atoms with Crippen molar-refractivity contribution in [3.63, 3.8) is 0 Å². The van der Waals surface area contributed by atoms with Gasteiger partial charge in [-0.1, -0.05) is 60.7 Å². The number of benzene rings is 2. The SMILES string of the molecule is C[C@H]1O[C@@H](OC[C@@H]2O[C@@H](OC(=O)C=Cc3ccccc3)[C@H](O)[C@@H](O)[C@@H]2O)[C@H](O)[C@H](OC(=O)C=Cc2ccccc2)[C@H]1O. The summed E-state index contributed by atoms with van der Waals surface area (Å²) in [4.78, 5) is 24.7. The second-order valence-corrected chi connectivity index (χ2v) is 9.87. The van der Waals surface area contributed by atoms with Crippen LogP contribution in [0, 0.1) is 0 Å². The lowest BCUT2D eigenvalue weighted by Crippen LogP contribution is -2.61. The van der Waals surface area contributed by atoms with E-state index in [1.807, 2.05) is 12.1 Å². The summed E-state index contributed by atoms with van der Waals surface area (Å²) in [6, 6.07) is 17.9. The Morgan fingerprint density at radius 3 is 1.81 bits per heavy atom. The summed E-state index contributed by atoms with van der Waals surface area (Å²) in [7, 11) is 0. The summed E-state index contributed by atoms with van der Waals surface area (Å²) in [5.41, 5.74) is 1.47. The Morgan fingerprint density at radius 1 is 0.690 bits per heavy atom. The Kier molecular flexibility index (Phi) is 11.0. The standard InChI is InChI=1S/C30H34O12/c1-17-23(33)28(41-21(31)14-12-18-8-4-2-5-9-18)27(37)29(39-17)38-16-20-24(34)25(35)26(36)30(40-20)42-22(32)15-13-19-10-6-3-7-11-19/h2-15,17,20,23-30,33-37H,16H2,1H3/t17-,20+,23+,24-,25+,26-,27-,28-,29-,30+/m1/s1. The van der Waals surface area contributed by atoms with Crippen LogP contribution >= 0.6 is 0 Å². The Morgan fingerprint density at radius 2 is 1.24 bits per heavy atom. The molecule has 0 bridgehead atoms. The van der Waals surface area contributed by atoms with Gasteiger partial charge in [0.25, 0.3) is 0 Å². The fraction of sp³-hybridized carbons (Fsp3) is 0.400. The number of hydrogen-bond acceptors (Lipinski definition) is 12. The largest absolute Gasteiger partial charge is 0.453 e. The summed E-state index contributed by atoms with van der Waals surface area (Å²) in [5, 5.41) is 52.3. The zero-order valence-electron chi connectivity index (χ0n) is 22.7. The van der Waals surface area contributed by atoms with Gasteiger partial charge in [0, 0.05) is 12.2 Å². The van der Waals surface area contributed by atoms with Crippen molar-refractivity contribution in [1.29, 1.82) is 0 Å². The minimum Gasteiger partial charge on any atom is -0.453 e. The normalized spacial score (nSPS) is 33.5. The Labute approximate surface area is 242 Å². The van der Waals surface area contributed by atoms with Crippen LogP contribution in [0.15, 0.2) is 72.8 Å². The van der Waals surface area contributed by atoms with E-state index >= 15 is 0 Å². The molecule has 2 aromatic carbocycles. The topological polar surface area (TPSA) is 181 Å². The molecular weight excluding hydrogens is 552 g/mol. The first-order valence-electron chi connectivity index (χ1n) is 13.3. The van der Waals surface area contributed by atoms with Crippen LogP contribution in [0.5, 0.6) is 0 Å². The molecule has 42 heavy (non-hydrogen) atoms. The van der Waals surface area contributed by atoms with Gasteiger partial charge >= 0.3 is 11.9 Å². The predicted molar refractivity (Wildman–Crippen MR) is 146 cm³/mol. The van der Waals surface area contributed by atoms with Crippen molar-refractivity contribution in [2.24, 2.45) is 0 Å². The van der Waals surface area contributed by atoms with Crippen molar-refractivity contribution in [1.82, 2.24) is 0 Å². The molecule has 2 aromatic rings. The predicted octanol–water partition coefficient (Wildman–Crippen LogP) is 0.159. The van der Waals surface area contributed by atoms with Crippen molar-refractivity contribution in [2.45, 2.75) is 68.3 Å². The van der Waals surface area contributed by atoms with Gasteiger partial charge in [-0.25, -0.2) is 9.59 Å². The smallest absolute Gasteiger partial charge is 0.333 e. The van der Waals surface area contributed by atoms with E-state index < -0.39 is 80.0 Å². The van der Waals surface area contributed by atoms with E-state index in [0.717, 1.165) is 23.3 Å². The van der Waals surface area contributed by atoms with Crippen molar-refractivity contribution in [2.75, 3.05) is 6.61 Å². The van der Waals surface area contributed by atoms with Gasteiger partial charge in [0.2, 0.25) is 6.29 Å². The average molecular weight is 587 g/mol. The van der Waals surface area contributed by atoms with E-state index in [4.69, 9.17) is 23.7 Å². The van der Waals surface area contributed by atoms with Crippen LogP contribution in [0.1, 0.15) is 18.1 Å². The van der Waals surface area contributed by atoms with E-state index in [1.165, 1.54) is 19.1 Å². The highest BCUT2D eigenvalue weighted by molar-refractivity contribution is 5.87. The van der Waals surface area contributed by atoms with Gasteiger partial charge < -0.3 is 49.2 Å². The molecular formula is C30H34O12. The molecule has 0 radical (unpaired) electrons. The van der Waals surface area contributed by atoms with Crippen LogP contribution in [0.2, 0.25) is 0 Å². The Balaban J connectivity index is 1.35. The van der Waals surface area contributed by atoms with E-state index in [0.29, 0.717) is 0 Å². The monoisotopic (exact) mass is 586 g/mol. The summed E-state index contributed by atoms with van der Waals surface area (Å²) < 4.78 is 27.0. The van der Waals surface area contributed by atoms with Crippen LogP contribution in [-0.4, -0.2) is 105 Å². The van der Waals surface area contributed by atoms with Crippen LogP contribution in [0.4, 0.5) is 0 Å². The number of aliphatic hydroxyl groups excluding tert-OH is 5. The van der Waals surface area contributed by atoms with Gasteiger partial charge in [0.05, 0.1) is 12.7 Å². The molecule has 2 saturated heterocycles. The van der Waals surface area contributed by atoms with Gasteiger partial charge in [-0.05, 0) is 30.2 Å². The number of ether oxygens (including phenoxy) is 5. The second-order valence-electron chi connectivity index (χ2n) is 9.87. The molecule has 5 N–H and O–H groups in total. The Hall–Kier alpha value is -3.46. The second kappa shape index (κ2) is 14.6. The van der Waals surface area contributed by atoms with Crippen LogP contribution in [0.25, 0.3) is 12.2 Å². The lowest BCUT2D eigenvalue weighted by molar-refractivity contribution is -0.323. The highest BCUT2D eigenvalue weighted by Gasteiger charge is 2.48. The van der Waals surface area contributed by atoms with E-state index in [-0.39, 0.29) is 0 Å². The van der Waals surface area contributed by atoms with Crippen molar-refractivity contribution in [3.8, 4) is 0 Å². The third-order valence-corrected chi connectivity index (χ3v) is 6.78. The molecule has 10 atom stereocenters. The molecule has 2 aliphatic heterocycles. The van der Waals surface area contributed by atoms with Gasteiger partial charge in [-0.3, -0.25) is 0 Å². The van der Waals surface area contributed by atoms with Crippen molar-refractivity contribution < 1.29 is 58.8 Å². The molecule has 0 saturated carbocycles. The molecule has 12 nitrogen and oxygen atoms in total. The minimum atomic E-state index is -1.76. The summed E-state index contributed by atoms with van der Waals surface area (Å²) >= 11 is 0. The molecule has 2 fully saturated rings. The molecule has 2 heterocycles. The first-order valence-corrected chi connectivity index (χ1v) is 13.3. The van der Waals surface area contributed by atoms with Gasteiger partial charge in [-0.15, -0.1) is 0 Å². The zero-order valence-corrected chi connectivity index (χ0v) is 22.7. The maximum absolute atomic E-state index is 12.4. The van der Waals surface area contributed by atoms with E-state index in [2.05, 4.69) is 0 Å². The highest BCUT2D eigenvalue weighted by Crippen LogP contribution is 2.27. The van der Waals surface area contributed by atoms with Crippen LogP contribution in [0.3, 0.4) is 0 Å². The number of carbonyl (C=O) groups is 2.